The molecule has 6 nitrogen and oxygen atoms in total. The van der Waals surface area contributed by atoms with E-state index in [2.05, 4.69) is 15.5 Å². The third-order valence-electron chi connectivity index (χ3n) is 2.60. The number of aryl methyl sites for hydroxylation is 1. The number of hydrogen-bond acceptors (Lipinski definition) is 5. The summed E-state index contributed by atoms with van der Waals surface area (Å²) in [7, 11) is 0. The molecule has 0 aliphatic carbocycles. The van der Waals surface area contributed by atoms with Crippen LogP contribution in [0.1, 0.15) is 25.1 Å². The van der Waals surface area contributed by atoms with Crippen molar-refractivity contribution in [3.8, 4) is 0 Å². The van der Waals surface area contributed by atoms with Crippen LogP contribution in [0.2, 0.25) is 0 Å². The number of nitrogens with zero attached hydrogens (tertiary/aromatic N) is 3. The maximum Gasteiger partial charge on any atom is 0.321 e. The molecule has 0 bridgehead atoms. The summed E-state index contributed by atoms with van der Waals surface area (Å²) >= 11 is 0. The van der Waals surface area contributed by atoms with Crippen molar-refractivity contribution in [1.82, 2.24) is 15.0 Å². The first-order chi connectivity index (χ1) is 7.75. The first-order valence-corrected chi connectivity index (χ1v) is 5.57. The second-order valence-corrected chi connectivity index (χ2v) is 3.91. The van der Waals surface area contributed by atoms with Crippen molar-refractivity contribution in [2.24, 2.45) is 0 Å². The highest BCUT2D eigenvalue weighted by Gasteiger charge is 2.17. The lowest BCUT2D eigenvalue weighted by atomic mass is 10.3. The van der Waals surface area contributed by atoms with Gasteiger partial charge in [0.1, 0.15) is 0 Å². The molecule has 1 fully saturated rings. The maximum atomic E-state index is 11.7. The summed E-state index contributed by atoms with van der Waals surface area (Å²) in [4.78, 5) is 17.6. The third-order valence-corrected chi connectivity index (χ3v) is 2.60. The monoisotopic (exact) mass is 224 g/mol. The third kappa shape index (κ3) is 2.71. The van der Waals surface area contributed by atoms with Crippen LogP contribution in [-0.2, 0) is 4.79 Å². The highest BCUT2D eigenvalue weighted by molar-refractivity contribution is 5.76. The number of rotatable bonds is 4. The van der Waals surface area contributed by atoms with Gasteiger partial charge in [0.25, 0.3) is 0 Å². The zero-order valence-electron chi connectivity index (χ0n) is 9.40. The molecule has 0 aromatic carbocycles. The summed E-state index contributed by atoms with van der Waals surface area (Å²) in [6.45, 7) is 4.10. The Balaban J connectivity index is 1.69. The van der Waals surface area contributed by atoms with E-state index in [1.165, 1.54) is 0 Å². The van der Waals surface area contributed by atoms with Crippen molar-refractivity contribution in [3.05, 3.63) is 5.82 Å². The van der Waals surface area contributed by atoms with Gasteiger partial charge < -0.3 is 14.7 Å². The van der Waals surface area contributed by atoms with E-state index in [1.54, 1.807) is 6.92 Å². The molecule has 2 heterocycles. The molecule has 0 spiro atoms. The summed E-state index contributed by atoms with van der Waals surface area (Å²) in [5.74, 6) is 0.787. The number of nitrogens with one attached hydrogen (secondary N) is 1. The molecule has 1 aromatic rings. The topological polar surface area (TPSA) is 71.3 Å². The minimum atomic E-state index is 0.196. The molecular formula is C10H16N4O2. The molecule has 1 aliphatic rings. The van der Waals surface area contributed by atoms with E-state index in [9.17, 15) is 4.79 Å². The Morgan fingerprint density at radius 2 is 2.25 bits per heavy atom. The fraction of sp³-hybridized carbons (Fsp3) is 0.700. The average Bonchev–Trinajstić information content (AvgIpc) is 2.89. The smallest absolute Gasteiger partial charge is 0.321 e. The maximum absolute atomic E-state index is 11.7. The largest absolute Gasteiger partial charge is 0.343 e. The summed E-state index contributed by atoms with van der Waals surface area (Å²) in [6, 6.07) is 0.381. The standard InChI is InChI=1S/C10H16N4O2/c1-8-12-10(16-13-8)11-5-4-9(15)14-6-2-3-7-14/h2-7H2,1H3,(H,11,12,13). The fourth-order valence-electron chi connectivity index (χ4n) is 1.77. The van der Waals surface area contributed by atoms with Gasteiger partial charge >= 0.3 is 6.01 Å². The Bertz CT molecular complexity index is 357. The fourth-order valence-corrected chi connectivity index (χ4v) is 1.77. The molecule has 0 saturated carbocycles. The molecule has 1 aromatic heterocycles. The molecule has 0 radical (unpaired) electrons. The van der Waals surface area contributed by atoms with Gasteiger partial charge in [0.15, 0.2) is 5.82 Å². The Hall–Kier alpha value is -1.59. The molecule has 88 valence electrons. The van der Waals surface area contributed by atoms with Crippen molar-refractivity contribution < 1.29 is 9.32 Å². The van der Waals surface area contributed by atoms with E-state index >= 15 is 0 Å². The predicted molar refractivity (Wildman–Crippen MR) is 58.0 cm³/mol. The van der Waals surface area contributed by atoms with E-state index in [0.717, 1.165) is 25.9 Å². The Labute approximate surface area is 94.0 Å². The minimum Gasteiger partial charge on any atom is -0.343 e. The lowest BCUT2D eigenvalue weighted by Gasteiger charge is -2.14. The zero-order valence-corrected chi connectivity index (χ0v) is 9.40. The Kier molecular flexibility index (Phi) is 3.38. The van der Waals surface area contributed by atoms with Gasteiger partial charge in [-0.25, -0.2) is 0 Å². The van der Waals surface area contributed by atoms with Gasteiger partial charge in [0.2, 0.25) is 5.91 Å². The number of carbonyl (C=O) groups is 1. The van der Waals surface area contributed by atoms with Crippen molar-refractivity contribution in [2.45, 2.75) is 26.2 Å². The van der Waals surface area contributed by atoms with Crippen LogP contribution in [0.4, 0.5) is 6.01 Å². The first kappa shape index (κ1) is 10.9. The van der Waals surface area contributed by atoms with Crippen LogP contribution in [0.25, 0.3) is 0 Å². The van der Waals surface area contributed by atoms with E-state index in [4.69, 9.17) is 4.52 Å². The molecule has 6 heteroatoms. The highest BCUT2D eigenvalue weighted by Crippen LogP contribution is 2.09. The van der Waals surface area contributed by atoms with E-state index < -0.39 is 0 Å². The summed E-state index contributed by atoms with van der Waals surface area (Å²) < 4.78 is 4.87. The van der Waals surface area contributed by atoms with Crippen LogP contribution >= 0.6 is 0 Å². The summed E-state index contributed by atoms with van der Waals surface area (Å²) in [5.41, 5.74) is 0. The Morgan fingerprint density at radius 3 is 2.88 bits per heavy atom. The van der Waals surface area contributed by atoms with E-state index in [-0.39, 0.29) is 5.91 Å². The minimum absolute atomic E-state index is 0.196. The van der Waals surface area contributed by atoms with Gasteiger partial charge in [0, 0.05) is 26.1 Å². The summed E-state index contributed by atoms with van der Waals surface area (Å²) in [5, 5.41) is 6.58. The van der Waals surface area contributed by atoms with Crippen LogP contribution in [-0.4, -0.2) is 40.6 Å². The van der Waals surface area contributed by atoms with Gasteiger partial charge in [-0.15, -0.1) is 0 Å². The van der Waals surface area contributed by atoms with Crippen LogP contribution in [0, 0.1) is 6.92 Å². The molecule has 2 rings (SSSR count). The average molecular weight is 224 g/mol. The quantitative estimate of drug-likeness (QED) is 0.819. The molecule has 1 aliphatic heterocycles. The van der Waals surface area contributed by atoms with Crippen molar-refractivity contribution in [3.63, 3.8) is 0 Å². The number of aromatic nitrogens is 2. The van der Waals surface area contributed by atoms with Crippen LogP contribution in [0.15, 0.2) is 4.52 Å². The second kappa shape index (κ2) is 4.96. The molecular weight excluding hydrogens is 208 g/mol. The predicted octanol–water partition coefficient (Wildman–Crippen LogP) is 0.802. The number of carbonyl (C=O) groups excluding carboxylic acids is 1. The molecule has 0 atom stereocenters. The van der Waals surface area contributed by atoms with Crippen molar-refractivity contribution in [2.75, 3.05) is 25.0 Å². The second-order valence-electron chi connectivity index (χ2n) is 3.91. The number of likely N-dealkylation sites (tertiary alicyclic amines) is 1. The van der Waals surface area contributed by atoms with Crippen molar-refractivity contribution in [1.29, 1.82) is 0 Å². The number of anilines is 1. The van der Waals surface area contributed by atoms with Crippen LogP contribution < -0.4 is 5.32 Å². The summed E-state index contributed by atoms with van der Waals surface area (Å²) in [6.07, 6.45) is 2.73. The molecule has 1 N–H and O–H groups in total. The molecule has 0 unspecified atom stereocenters. The van der Waals surface area contributed by atoms with Crippen LogP contribution in [0.3, 0.4) is 0 Å². The highest BCUT2D eigenvalue weighted by atomic mass is 16.5. The van der Waals surface area contributed by atoms with E-state index in [1.807, 2.05) is 4.90 Å². The Morgan fingerprint density at radius 1 is 1.50 bits per heavy atom. The molecule has 16 heavy (non-hydrogen) atoms. The lowest BCUT2D eigenvalue weighted by Crippen LogP contribution is -2.29. The molecule has 1 amide bonds. The number of amides is 1. The first-order valence-electron chi connectivity index (χ1n) is 5.57. The van der Waals surface area contributed by atoms with Crippen LogP contribution in [0.5, 0.6) is 0 Å². The number of hydrogen-bond donors (Lipinski definition) is 1. The zero-order chi connectivity index (χ0) is 11.4. The van der Waals surface area contributed by atoms with Gasteiger partial charge in [0.05, 0.1) is 0 Å². The van der Waals surface area contributed by atoms with Crippen molar-refractivity contribution >= 4 is 11.9 Å². The van der Waals surface area contributed by atoms with Gasteiger partial charge in [-0.05, 0) is 19.8 Å². The van der Waals surface area contributed by atoms with E-state index in [0.29, 0.717) is 24.8 Å². The normalized spacial score (nSPS) is 15.4. The SMILES string of the molecule is Cc1noc(NCCC(=O)N2CCCC2)n1. The van der Waals surface area contributed by atoms with Gasteiger partial charge in [-0.3, -0.25) is 4.79 Å². The van der Waals surface area contributed by atoms with Gasteiger partial charge in [-0.2, -0.15) is 4.98 Å². The lowest BCUT2D eigenvalue weighted by molar-refractivity contribution is -0.129. The molecule has 1 saturated heterocycles. The van der Waals surface area contributed by atoms with Gasteiger partial charge in [-0.1, -0.05) is 5.16 Å².